The number of amides is 1. The van der Waals surface area contributed by atoms with Gasteiger partial charge in [0.05, 0.1) is 6.54 Å². The molecular weight excluding hydrogens is 258 g/mol. The van der Waals surface area contributed by atoms with Crippen molar-refractivity contribution in [1.82, 2.24) is 20.3 Å². The fourth-order valence-electron chi connectivity index (χ4n) is 1.56. The molecule has 1 aromatic rings. The largest absolute Gasteiger partial charge is 0.357 e. The highest BCUT2D eigenvalue weighted by molar-refractivity contribution is 5.80. The summed E-state index contributed by atoms with van der Waals surface area (Å²) in [5.74, 6) is 1.47. The van der Waals surface area contributed by atoms with Crippen LogP contribution in [0.1, 0.15) is 13.8 Å². The van der Waals surface area contributed by atoms with Crippen LogP contribution in [-0.4, -0.2) is 61.6 Å². The Morgan fingerprint density at radius 2 is 1.80 bits per heavy atom. The molecule has 0 aromatic carbocycles. The van der Waals surface area contributed by atoms with E-state index in [-0.39, 0.29) is 12.5 Å². The molecule has 0 spiro atoms. The maximum Gasteiger partial charge on any atom is 0.239 e. The molecule has 1 rings (SSSR count). The summed E-state index contributed by atoms with van der Waals surface area (Å²) >= 11 is 0. The first-order valence-corrected chi connectivity index (χ1v) is 6.64. The molecule has 0 aliphatic heterocycles. The second kappa shape index (κ2) is 7.46. The van der Waals surface area contributed by atoms with Crippen LogP contribution in [0.3, 0.4) is 0 Å². The smallest absolute Gasteiger partial charge is 0.239 e. The molecule has 0 saturated carbocycles. The molecule has 0 fully saturated rings. The van der Waals surface area contributed by atoms with Crippen LogP contribution in [-0.2, 0) is 4.79 Å². The molecule has 8 heteroatoms. The van der Waals surface area contributed by atoms with E-state index in [4.69, 9.17) is 0 Å². The Kier molecular flexibility index (Phi) is 5.95. The van der Waals surface area contributed by atoms with Crippen LogP contribution in [0.2, 0.25) is 0 Å². The molecular formula is C12H23N7O. The quantitative estimate of drug-likeness (QED) is 0.724. The summed E-state index contributed by atoms with van der Waals surface area (Å²) in [5.41, 5.74) is 0. The number of rotatable bonds is 7. The Morgan fingerprint density at radius 3 is 2.30 bits per heavy atom. The van der Waals surface area contributed by atoms with Crippen LogP contribution in [0.4, 0.5) is 17.8 Å². The molecule has 1 heterocycles. The molecule has 0 aliphatic carbocycles. The molecule has 0 atom stereocenters. The fourth-order valence-corrected chi connectivity index (χ4v) is 1.56. The van der Waals surface area contributed by atoms with E-state index in [2.05, 4.69) is 25.6 Å². The van der Waals surface area contributed by atoms with Gasteiger partial charge in [-0.1, -0.05) is 0 Å². The molecule has 0 saturated heterocycles. The summed E-state index contributed by atoms with van der Waals surface area (Å²) < 4.78 is 0. The lowest BCUT2D eigenvalue weighted by Crippen LogP contribution is -2.38. The van der Waals surface area contributed by atoms with Crippen molar-refractivity contribution in [2.45, 2.75) is 13.8 Å². The third-order valence-electron chi connectivity index (χ3n) is 2.61. The van der Waals surface area contributed by atoms with Crippen LogP contribution in [0, 0.1) is 0 Å². The van der Waals surface area contributed by atoms with Gasteiger partial charge in [-0.25, -0.2) is 0 Å². The van der Waals surface area contributed by atoms with E-state index in [1.807, 2.05) is 27.9 Å². The van der Waals surface area contributed by atoms with E-state index in [1.165, 1.54) is 0 Å². The van der Waals surface area contributed by atoms with Crippen molar-refractivity contribution in [2.24, 2.45) is 0 Å². The third kappa shape index (κ3) is 4.22. The Labute approximate surface area is 119 Å². The Balaban J connectivity index is 3.01. The van der Waals surface area contributed by atoms with E-state index in [0.29, 0.717) is 30.9 Å². The van der Waals surface area contributed by atoms with Crippen molar-refractivity contribution >= 4 is 23.8 Å². The molecule has 112 valence electrons. The van der Waals surface area contributed by atoms with E-state index >= 15 is 0 Å². The van der Waals surface area contributed by atoms with Gasteiger partial charge in [0.2, 0.25) is 23.8 Å². The highest BCUT2D eigenvalue weighted by atomic mass is 16.2. The lowest BCUT2D eigenvalue weighted by molar-refractivity contribution is -0.119. The highest BCUT2D eigenvalue weighted by Crippen LogP contribution is 2.14. The summed E-state index contributed by atoms with van der Waals surface area (Å²) in [6.45, 7) is 5.32. The van der Waals surface area contributed by atoms with Crippen LogP contribution < -0.4 is 20.4 Å². The van der Waals surface area contributed by atoms with Gasteiger partial charge >= 0.3 is 0 Å². The van der Waals surface area contributed by atoms with E-state index in [0.717, 1.165) is 0 Å². The topological polar surface area (TPSA) is 86.3 Å². The molecule has 1 aromatic heterocycles. The zero-order chi connectivity index (χ0) is 15.1. The number of likely N-dealkylation sites (N-methyl/N-ethyl adjacent to an activating group) is 2. The molecule has 0 radical (unpaired) electrons. The summed E-state index contributed by atoms with van der Waals surface area (Å²) in [6.07, 6.45) is 0. The summed E-state index contributed by atoms with van der Waals surface area (Å²) in [6, 6.07) is 0. The van der Waals surface area contributed by atoms with Crippen LogP contribution in [0.5, 0.6) is 0 Å². The number of nitrogens with zero attached hydrogens (tertiary/aromatic N) is 5. The molecule has 1 amide bonds. The Morgan fingerprint density at radius 1 is 1.15 bits per heavy atom. The van der Waals surface area contributed by atoms with E-state index in [1.54, 1.807) is 16.8 Å². The number of anilines is 3. The molecule has 0 aliphatic rings. The Hall–Kier alpha value is -2.12. The van der Waals surface area contributed by atoms with Gasteiger partial charge in [-0.2, -0.15) is 15.0 Å². The second-order valence-electron chi connectivity index (χ2n) is 4.37. The SMILES string of the molecule is CCNC(=O)CN(CC)c1nc(NC)nc(N(C)C)n1. The third-order valence-corrected chi connectivity index (χ3v) is 2.61. The molecule has 0 unspecified atom stereocenters. The molecule has 0 bridgehead atoms. The van der Waals surface area contributed by atoms with Crippen molar-refractivity contribution in [2.75, 3.05) is 55.9 Å². The lowest BCUT2D eigenvalue weighted by atomic mass is 10.4. The maximum atomic E-state index is 11.7. The fraction of sp³-hybridized carbons (Fsp3) is 0.667. The van der Waals surface area contributed by atoms with Crippen molar-refractivity contribution in [1.29, 1.82) is 0 Å². The minimum absolute atomic E-state index is 0.0489. The van der Waals surface area contributed by atoms with Crippen LogP contribution in [0.25, 0.3) is 0 Å². The first kappa shape index (κ1) is 15.9. The zero-order valence-corrected chi connectivity index (χ0v) is 12.8. The minimum atomic E-state index is -0.0489. The zero-order valence-electron chi connectivity index (χ0n) is 12.8. The second-order valence-corrected chi connectivity index (χ2v) is 4.37. The predicted octanol–water partition coefficient (Wildman–Crippen LogP) is -0.0583. The molecule has 2 N–H and O–H groups in total. The van der Waals surface area contributed by atoms with Crippen molar-refractivity contribution in [3.63, 3.8) is 0 Å². The number of carbonyl (C=O) groups is 1. The van der Waals surface area contributed by atoms with Gasteiger partial charge in [0.15, 0.2) is 0 Å². The van der Waals surface area contributed by atoms with Crippen molar-refractivity contribution < 1.29 is 4.79 Å². The normalized spacial score (nSPS) is 10.1. The average molecular weight is 281 g/mol. The number of nitrogens with one attached hydrogen (secondary N) is 2. The number of carbonyl (C=O) groups excluding carboxylic acids is 1. The van der Waals surface area contributed by atoms with Gasteiger partial charge in [-0.15, -0.1) is 0 Å². The van der Waals surface area contributed by atoms with Gasteiger partial charge in [-0.3, -0.25) is 4.79 Å². The van der Waals surface area contributed by atoms with Gasteiger partial charge in [0, 0.05) is 34.2 Å². The van der Waals surface area contributed by atoms with Crippen LogP contribution in [0.15, 0.2) is 0 Å². The summed E-state index contributed by atoms with van der Waals surface area (Å²) in [4.78, 5) is 28.2. The number of aromatic nitrogens is 3. The monoisotopic (exact) mass is 281 g/mol. The molecule has 8 nitrogen and oxygen atoms in total. The van der Waals surface area contributed by atoms with Crippen LogP contribution >= 0.6 is 0 Å². The standard InChI is InChI=1S/C12H23N7O/c1-6-14-9(20)8-19(7-2)12-16-10(13-3)15-11(17-12)18(4)5/h6-8H2,1-5H3,(H,14,20)(H,13,15,16,17). The maximum absolute atomic E-state index is 11.7. The van der Waals surface area contributed by atoms with Gasteiger partial charge in [0.1, 0.15) is 0 Å². The first-order valence-electron chi connectivity index (χ1n) is 6.64. The average Bonchev–Trinajstić information content (AvgIpc) is 2.44. The molecule has 20 heavy (non-hydrogen) atoms. The van der Waals surface area contributed by atoms with Crippen molar-refractivity contribution in [3.05, 3.63) is 0 Å². The minimum Gasteiger partial charge on any atom is -0.357 e. The lowest BCUT2D eigenvalue weighted by Gasteiger charge is -2.22. The first-order chi connectivity index (χ1) is 9.51. The highest BCUT2D eigenvalue weighted by Gasteiger charge is 2.15. The summed E-state index contributed by atoms with van der Waals surface area (Å²) in [7, 11) is 5.47. The van der Waals surface area contributed by atoms with Gasteiger partial charge < -0.3 is 20.4 Å². The van der Waals surface area contributed by atoms with E-state index < -0.39 is 0 Å². The Bertz CT molecular complexity index is 449. The van der Waals surface area contributed by atoms with E-state index in [9.17, 15) is 4.79 Å². The summed E-state index contributed by atoms with van der Waals surface area (Å²) in [5, 5.41) is 5.67. The number of hydrogen-bond donors (Lipinski definition) is 2. The van der Waals surface area contributed by atoms with Crippen molar-refractivity contribution in [3.8, 4) is 0 Å². The predicted molar refractivity (Wildman–Crippen MR) is 80.3 cm³/mol. The van der Waals surface area contributed by atoms with Gasteiger partial charge in [0.25, 0.3) is 0 Å². The van der Waals surface area contributed by atoms with Gasteiger partial charge in [-0.05, 0) is 13.8 Å². The number of hydrogen-bond acceptors (Lipinski definition) is 7.